The molecule has 0 aliphatic heterocycles. The van der Waals surface area contributed by atoms with Crippen molar-refractivity contribution < 1.29 is 14.6 Å². The SMILES string of the molecule is Cc1scc(OCC(=O)O)c1C. The van der Waals surface area contributed by atoms with Crippen LogP contribution in [-0.2, 0) is 4.79 Å². The highest BCUT2D eigenvalue weighted by atomic mass is 32.1. The predicted molar refractivity (Wildman–Crippen MR) is 46.9 cm³/mol. The number of carbonyl (C=O) groups is 1. The van der Waals surface area contributed by atoms with E-state index in [0.717, 1.165) is 10.4 Å². The minimum Gasteiger partial charge on any atom is -0.481 e. The summed E-state index contributed by atoms with van der Waals surface area (Å²) in [7, 11) is 0. The lowest BCUT2D eigenvalue weighted by Gasteiger charge is -2.00. The number of rotatable bonds is 3. The van der Waals surface area contributed by atoms with Gasteiger partial charge in [0, 0.05) is 15.8 Å². The summed E-state index contributed by atoms with van der Waals surface area (Å²) in [5.41, 5.74) is 1.03. The molecule has 1 aromatic rings. The van der Waals surface area contributed by atoms with Crippen LogP contribution in [0.4, 0.5) is 0 Å². The summed E-state index contributed by atoms with van der Waals surface area (Å²) in [6, 6.07) is 0. The third kappa shape index (κ3) is 1.98. The molecule has 1 heterocycles. The molecule has 1 aromatic heterocycles. The Hall–Kier alpha value is -1.03. The van der Waals surface area contributed by atoms with Crippen molar-refractivity contribution in [2.24, 2.45) is 0 Å². The number of hydrogen-bond donors (Lipinski definition) is 1. The molecule has 0 unspecified atom stereocenters. The Balaban J connectivity index is 2.63. The van der Waals surface area contributed by atoms with E-state index < -0.39 is 5.97 Å². The van der Waals surface area contributed by atoms with E-state index in [0.29, 0.717) is 5.75 Å². The van der Waals surface area contributed by atoms with Gasteiger partial charge in [-0.3, -0.25) is 0 Å². The molecule has 0 spiro atoms. The van der Waals surface area contributed by atoms with Crippen molar-refractivity contribution >= 4 is 17.3 Å². The van der Waals surface area contributed by atoms with Crippen molar-refractivity contribution in [1.29, 1.82) is 0 Å². The maximum Gasteiger partial charge on any atom is 0.341 e. The molecular weight excluding hydrogens is 176 g/mol. The molecule has 66 valence electrons. The van der Waals surface area contributed by atoms with Crippen LogP contribution in [0.15, 0.2) is 5.38 Å². The zero-order chi connectivity index (χ0) is 9.14. The molecule has 0 atom stereocenters. The quantitative estimate of drug-likeness (QED) is 0.783. The van der Waals surface area contributed by atoms with Gasteiger partial charge in [0.05, 0.1) is 0 Å². The van der Waals surface area contributed by atoms with E-state index in [1.807, 2.05) is 19.2 Å². The largest absolute Gasteiger partial charge is 0.481 e. The van der Waals surface area contributed by atoms with E-state index in [1.54, 1.807) is 11.3 Å². The monoisotopic (exact) mass is 186 g/mol. The van der Waals surface area contributed by atoms with Crippen LogP contribution in [0.3, 0.4) is 0 Å². The van der Waals surface area contributed by atoms with E-state index in [2.05, 4.69) is 0 Å². The normalized spacial score (nSPS) is 9.83. The molecule has 0 aliphatic carbocycles. The van der Waals surface area contributed by atoms with E-state index in [-0.39, 0.29) is 6.61 Å². The lowest BCUT2D eigenvalue weighted by molar-refractivity contribution is -0.139. The number of ether oxygens (including phenoxy) is 1. The highest BCUT2D eigenvalue weighted by molar-refractivity contribution is 7.10. The number of thiophene rings is 1. The molecule has 1 N–H and O–H groups in total. The molecular formula is C8H10O3S. The van der Waals surface area contributed by atoms with Gasteiger partial charge in [-0.25, -0.2) is 4.79 Å². The zero-order valence-corrected chi connectivity index (χ0v) is 7.77. The van der Waals surface area contributed by atoms with Crippen LogP contribution >= 0.6 is 11.3 Å². The maximum absolute atomic E-state index is 10.2. The van der Waals surface area contributed by atoms with Crippen molar-refractivity contribution in [3.8, 4) is 5.75 Å². The lowest BCUT2D eigenvalue weighted by atomic mass is 10.3. The zero-order valence-electron chi connectivity index (χ0n) is 6.96. The van der Waals surface area contributed by atoms with Gasteiger partial charge >= 0.3 is 5.97 Å². The summed E-state index contributed by atoms with van der Waals surface area (Å²) in [5.74, 6) is -0.266. The first-order valence-corrected chi connectivity index (χ1v) is 4.38. The topological polar surface area (TPSA) is 46.5 Å². The minimum atomic E-state index is -0.946. The molecule has 4 heteroatoms. The first-order chi connectivity index (χ1) is 5.61. The molecule has 0 bridgehead atoms. The van der Waals surface area contributed by atoms with Crippen molar-refractivity contribution in [3.05, 3.63) is 15.8 Å². The molecule has 0 aromatic carbocycles. The van der Waals surface area contributed by atoms with Crippen molar-refractivity contribution in [2.75, 3.05) is 6.61 Å². The second kappa shape index (κ2) is 3.58. The fourth-order valence-electron chi connectivity index (χ4n) is 0.774. The Morgan fingerprint density at radius 1 is 1.67 bits per heavy atom. The number of carboxylic acid groups (broad SMARTS) is 1. The summed E-state index contributed by atoms with van der Waals surface area (Å²) in [5, 5.41) is 10.2. The van der Waals surface area contributed by atoms with Crippen LogP contribution < -0.4 is 4.74 Å². The van der Waals surface area contributed by atoms with Crippen molar-refractivity contribution in [3.63, 3.8) is 0 Å². The molecule has 0 saturated carbocycles. The Bertz CT molecular complexity index is 290. The predicted octanol–water partition coefficient (Wildman–Crippen LogP) is 1.83. The van der Waals surface area contributed by atoms with Gasteiger partial charge in [0.1, 0.15) is 5.75 Å². The van der Waals surface area contributed by atoms with Crippen LogP contribution in [-0.4, -0.2) is 17.7 Å². The van der Waals surface area contributed by atoms with Gasteiger partial charge in [0.2, 0.25) is 0 Å². The highest BCUT2D eigenvalue weighted by Crippen LogP contribution is 2.27. The van der Waals surface area contributed by atoms with Gasteiger partial charge in [-0.1, -0.05) is 0 Å². The van der Waals surface area contributed by atoms with Crippen LogP contribution in [0.2, 0.25) is 0 Å². The van der Waals surface area contributed by atoms with E-state index in [4.69, 9.17) is 9.84 Å². The first kappa shape index (κ1) is 9.06. The number of aryl methyl sites for hydroxylation is 1. The summed E-state index contributed by atoms with van der Waals surface area (Å²) >= 11 is 1.56. The second-order valence-corrected chi connectivity index (χ2v) is 3.55. The molecule has 0 fully saturated rings. The van der Waals surface area contributed by atoms with Gasteiger partial charge in [0.15, 0.2) is 6.61 Å². The summed E-state index contributed by atoms with van der Waals surface area (Å²) in [4.78, 5) is 11.3. The number of hydrogen-bond acceptors (Lipinski definition) is 3. The molecule has 0 amide bonds. The minimum absolute atomic E-state index is 0.267. The number of aliphatic carboxylic acids is 1. The Morgan fingerprint density at radius 2 is 2.33 bits per heavy atom. The van der Waals surface area contributed by atoms with Gasteiger partial charge < -0.3 is 9.84 Å². The molecule has 3 nitrogen and oxygen atoms in total. The second-order valence-electron chi connectivity index (χ2n) is 2.46. The summed E-state index contributed by atoms with van der Waals surface area (Å²) < 4.78 is 5.03. The third-order valence-corrected chi connectivity index (χ3v) is 2.58. The average Bonchev–Trinajstić information content (AvgIpc) is 2.30. The van der Waals surface area contributed by atoms with E-state index >= 15 is 0 Å². The lowest BCUT2D eigenvalue weighted by Crippen LogP contribution is -2.09. The van der Waals surface area contributed by atoms with Crippen LogP contribution in [0.5, 0.6) is 5.75 Å². The molecule has 0 radical (unpaired) electrons. The van der Waals surface area contributed by atoms with Gasteiger partial charge in [0.25, 0.3) is 0 Å². The molecule has 12 heavy (non-hydrogen) atoms. The van der Waals surface area contributed by atoms with Crippen LogP contribution in [0.1, 0.15) is 10.4 Å². The van der Waals surface area contributed by atoms with Crippen molar-refractivity contribution in [1.82, 2.24) is 0 Å². The Morgan fingerprint density at radius 3 is 2.75 bits per heavy atom. The molecule has 0 aliphatic rings. The average molecular weight is 186 g/mol. The smallest absolute Gasteiger partial charge is 0.341 e. The van der Waals surface area contributed by atoms with Gasteiger partial charge in [-0.15, -0.1) is 11.3 Å². The summed E-state index contributed by atoms with van der Waals surface area (Å²) in [6.07, 6.45) is 0. The fourth-order valence-corrected chi connectivity index (χ4v) is 1.58. The first-order valence-electron chi connectivity index (χ1n) is 3.50. The van der Waals surface area contributed by atoms with Crippen molar-refractivity contribution in [2.45, 2.75) is 13.8 Å². The third-order valence-electron chi connectivity index (χ3n) is 1.59. The Labute approximate surface area is 74.6 Å². The highest BCUT2D eigenvalue weighted by Gasteiger charge is 2.06. The molecule has 1 rings (SSSR count). The van der Waals surface area contributed by atoms with Gasteiger partial charge in [-0.05, 0) is 13.8 Å². The maximum atomic E-state index is 10.2. The fraction of sp³-hybridized carbons (Fsp3) is 0.375. The number of carboxylic acids is 1. The van der Waals surface area contributed by atoms with Crippen LogP contribution in [0, 0.1) is 13.8 Å². The van der Waals surface area contributed by atoms with E-state index in [9.17, 15) is 4.79 Å². The van der Waals surface area contributed by atoms with E-state index in [1.165, 1.54) is 0 Å². The van der Waals surface area contributed by atoms with Gasteiger partial charge in [-0.2, -0.15) is 0 Å². The summed E-state index contributed by atoms with van der Waals surface area (Å²) in [6.45, 7) is 3.63. The van der Waals surface area contributed by atoms with Crippen LogP contribution in [0.25, 0.3) is 0 Å². The Kier molecular flexibility index (Phi) is 2.70. The standard InChI is InChI=1S/C8H10O3S/c1-5-6(2)12-4-7(5)11-3-8(9)10/h4H,3H2,1-2H3,(H,9,10). The molecule has 0 saturated heterocycles.